The fraction of sp³-hybridized carbons (Fsp3) is 0.500. The highest BCUT2D eigenvalue weighted by atomic mass is 35.5. The van der Waals surface area contributed by atoms with E-state index in [2.05, 4.69) is 11.9 Å². The molecule has 1 heterocycles. The van der Waals surface area contributed by atoms with Crippen molar-refractivity contribution in [2.24, 2.45) is 5.92 Å². The van der Waals surface area contributed by atoms with E-state index in [1.54, 1.807) is 6.07 Å². The van der Waals surface area contributed by atoms with E-state index in [1.165, 1.54) is 0 Å². The van der Waals surface area contributed by atoms with Crippen molar-refractivity contribution in [2.75, 3.05) is 0 Å². The summed E-state index contributed by atoms with van der Waals surface area (Å²) in [5.41, 5.74) is 1.82. The Hall–Kier alpha value is -1.16. The highest BCUT2D eigenvalue weighted by Crippen LogP contribution is 2.30. The molecule has 0 fully saturated rings. The predicted molar refractivity (Wildman–Crippen MR) is 57.1 cm³/mol. The Morgan fingerprint density at radius 3 is 3.07 bits per heavy atom. The number of halogens is 1. The summed E-state index contributed by atoms with van der Waals surface area (Å²) in [6, 6.07) is 1.57. The topological polar surface area (TPSA) is 56.0 Å². The SMILES string of the molecule is C[C@@H]1CCc2nc(Cl)c([N+](=O)[O-])cc2C1. The summed E-state index contributed by atoms with van der Waals surface area (Å²) in [4.78, 5) is 14.3. The largest absolute Gasteiger partial charge is 0.306 e. The van der Waals surface area contributed by atoms with Crippen LogP contribution in [0.1, 0.15) is 24.6 Å². The lowest BCUT2D eigenvalue weighted by Gasteiger charge is -2.20. The number of hydrogen-bond donors (Lipinski definition) is 0. The molecule has 2 rings (SSSR count). The monoisotopic (exact) mass is 226 g/mol. The van der Waals surface area contributed by atoms with Gasteiger partial charge >= 0.3 is 5.69 Å². The number of rotatable bonds is 1. The van der Waals surface area contributed by atoms with Gasteiger partial charge in [-0.25, -0.2) is 4.98 Å². The van der Waals surface area contributed by atoms with Crippen LogP contribution in [0.4, 0.5) is 5.69 Å². The average Bonchev–Trinajstić information content (AvgIpc) is 2.17. The number of fused-ring (bicyclic) bond motifs is 1. The maximum absolute atomic E-state index is 10.7. The Morgan fingerprint density at radius 1 is 1.67 bits per heavy atom. The molecule has 4 nitrogen and oxygen atoms in total. The zero-order valence-corrected chi connectivity index (χ0v) is 9.12. The lowest BCUT2D eigenvalue weighted by atomic mass is 9.88. The van der Waals surface area contributed by atoms with Crippen molar-refractivity contribution in [3.63, 3.8) is 0 Å². The summed E-state index contributed by atoms with van der Waals surface area (Å²) in [5.74, 6) is 0.570. The molecule has 15 heavy (non-hydrogen) atoms. The molecule has 1 atom stereocenters. The molecule has 1 aliphatic carbocycles. The van der Waals surface area contributed by atoms with Crippen molar-refractivity contribution >= 4 is 17.3 Å². The minimum absolute atomic E-state index is 0.00769. The number of hydrogen-bond acceptors (Lipinski definition) is 3. The van der Waals surface area contributed by atoms with Crippen molar-refractivity contribution in [2.45, 2.75) is 26.2 Å². The summed E-state index contributed by atoms with van der Waals surface area (Å²) < 4.78 is 0. The lowest BCUT2D eigenvalue weighted by molar-refractivity contribution is -0.385. The molecule has 0 aromatic carbocycles. The van der Waals surface area contributed by atoms with E-state index in [4.69, 9.17) is 11.6 Å². The van der Waals surface area contributed by atoms with Gasteiger partial charge in [0.25, 0.3) is 0 Å². The summed E-state index contributed by atoms with van der Waals surface area (Å²) in [5, 5.41) is 10.7. The first-order valence-corrected chi connectivity index (χ1v) is 5.28. The van der Waals surface area contributed by atoms with Crippen LogP contribution in [0, 0.1) is 16.0 Å². The Bertz CT molecular complexity index is 420. The van der Waals surface area contributed by atoms with Crippen molar-refractivity contribution in [1.29, 1.82) is 0 Å². The molecule has 0 N–H and O–H groups in total. The van der Waals surface area contributed by atoms with Crippen molar-refractivity contribution in [3.05, 3.63) is 32.6 Å². The second-order valence-corrected chi connectivity index (χ2v) is 4.37. The van der Waals surface area contributed by atoms with Gasteiger partial charge in [-0.1, -0.05) is 18.5 Å². The smallest absolute Gasteiger partial charge is 0.258 e. The molecule has 1 aromatic heterocycles. The van der Waals surface area contributed by atoms with E-state index >= 15 is 0 Å². The van der Waals surface area contributed by atoms with Gasteiger partial charge in [0.2, 0.25) is 5.15 Å². The first-order chi connectivity index (χ1) is 7.08. The third kappa shape index (κ3) is 1.95. The Morgan fingerprint density at radius 2 is 2.40 bits per heavy atom. The minimum atomic E-state index is -0.477. The zero-order chi connectivity index (χ0) is 11.0. The molecule has 80 valence electrons. The van der Waals surface area contributed by atoms with Crippen LogP contribution in [-0.4, -0.2) is 9.91 Å². The summed E-state index contributed by atoms with van der Waals surface area (Å²) >= 11 is 5.74. The van der Waals surface area contributed by atoms with Gasteiger partial charge in [0, 0.05) is 11.8 Å². The molecule has 0 spiro atoms. The Labute approximate surface area is 92.4 Å². The molecular weight excluding hydrogens is 216 g/mol. The zero-order valence-electron chi connectivity index (χ0n) is 8.36. The van der Waals surface area contributed by atoms with E-state index in [0.29, 0.717) is 5.92 Å². The molecule has 0 radical (unpaired) electrons. The fourth-order valence-electron chi connectivity index (χ4n) is 1.94. The number of aromatic nitrogens is 1. The van der Waals surface area contributed by atoms with Crippen LogP contribution < -0.4 is 0 Å². The van der Waals surface area contributed by atoms with Crippen LogP contribution in [0.3, 0.4) is 0 Å². The van der Waals surface area contributed by atoms with Gasteiger partial charge in [0.05, 0.1) is 4.92 Å². The first kappa shape index (κ1) is 10.4. The standard InChI is InChI=1S/C10H11ClN2O2/c1-6-2-3-8-7(4-6)5-9(13(14)15)10(11)12-8/h5-6H,2-4H2,1H3/t6-/m1/s1. The highest BCUT2D eigenvalue weighted by Gasteiger charge is 2.22. The molecule has 0 unspecified atom stereocenters. The Balaban J connectivity index is 2.47. The normalized spacial score (nSPS) is 19.7. The quantitative estimate of drug-likeness (QED) is 0.420. The molecule has 1 aliphatic rings. The molecule has 0 bridgehead atoms. The number of pyridine rings is 1. The Kier molecular flexibility index (Phi) is 2.61. The van der Waals surface area contributed by atoms with Gasteiger partial charge in [-0.3, -0.25) is 10.1 Å². The third-order valence-corrected chi connectivity index (χ3v) is 3.04. The second-order valence-electron chi connectivity index (χ2n) is 4.01. The van der Waals surface area contributed by atoms with Crippen molar-refractivity contribution in [3.8, 4) is 0 Å². The van der Waals surface area contributed by atoms with Crippen LogP contribution in [0.25, 0.3) is 0 Å². The molecule has 0 aliphatic heterocycles. The summed E-state index contributed by atoms with van der Waals surface area (Å²) in [6.07, 6.45) is 2.81. The average molecular weight is 227 g/mol. The van der Waals surface area contributed by atoms with Crippen molar-refractivity contribution in [1.82, 2.24) is 4.98 Å². The van der Waals surface area contributed by atoms with E-state index in [-0.39, 0.29) is 10.8 Å². The highest BCUT2D eigenvalue weighted by molar-refractivity contribution is 6.31. The van der Waals surface area contributed by atoms with Crippen LogP contribution in [-0.2, 0) is 12.8 Å². The maximum atomic E-state index is 10.7. The van der Waals surface area contributed by atoms with Crippen LogP contribution >= 0.6 is 11.6 Å². The molecule has 5 heteroatoms. The molecular formula is C10H11ClN2O2. The van der Waals surface area contributed by atoms with E-state index in [0.717, 1.165) is 30.5 Å². The van der Waals surface area contributed by atoms with Gasteiger partial charge in [-0.15, -0.1) is 0 Å². The maximum Gasteiger partial charge on any atom is 0.306 e. The lowest BCUT2D eigenvalue weighted by Crippen LogP contribution is -2.13. The number of nitrogens with zero attached hydrogens (tertiary/aromatic N) is 2. The fourth-order valence-corrected chi connectivity index (χ4v) is 2.16. The van der Waals surface area contributed by atoms with Crippen LogP contribution in [0.2, 0.25) is 5.15 Å². The predicted octanol–water partition coefficient (Wildman–Crippen LogP) is 2.77. The van der Waals surface area contributed by atoms with E-state index in [9.17, 15) is 10.1 Å². The van der Waals surface area contributed by atoms with Gasteiger partial charge in [-0.05, 0) is 30.7 Å². The summed E-state index contributed by atoms with van der Waals surface area (Å²) in [6.45, 7) is 2.14. The van der Waals surface area contributed by atoms with Gasteiger partial charge in [0.1, 0.15) is 0 Å². The van der Waals surface area contributed by atoms with Gasteiger partial charge in [0.15, 0.2) is 0 Å². The van der Waals surface area contributed by atoms with Crippen molar-refractivity contribution < 1.29 is 4.92 Å². The summed E-state index contributed by atoms with van der Waals surface area (Å²) in [7, 11) is 0. The molecule has 0 saturated carbocycles. The minimum Gasteiger partial charge on any atom is -0.258 e. The second kappa shape index (κ2) is 3.77. The number of aryl methyl sites for hydroxylation is 1. The van der Waals surface area contributed by atoms with Gasteiger partial charge < -0.3 is 0 Å². The molecule has 0 saturated heterocycles. The van der Waals surface area contributed by atoms with E-state index in [1.807, 2.05) is 0 Å². The number of nitro groups is 1. The first-order valence-electron chi connectivity index (χ1n) is 4.90. The van der Waals surface area contributed by atoms with Crippen LogP contribution in [0.5, 0.6) is 0 Å². The molecule has 0 amide bonds. The van der Waals surface area contributed by atoms with E-state index < -0.39 is 4.92 Å². The third-order valence-electron chi connectivity index (χ3n) is 2.77. The van der Waals surface area contributed by atoms with Crippen LogP contribution in [0.15, 0.2) is 6.07 Å². The molecule has 1 aromatic rings. The van der Waals surface area contributed by atoms with Gasteiger partial charge in [-0.2, -0.15) is 0 Å².